The Balaban J connectivity index is 2.66. The van der Waals surface area contributed by atoms with Crippen LogP contribution in [-0.4, -0.2) is 11.3 Å². The SMILES string of the molecule is C[C@@H](F)C[C@@H](O)c1ccc(Br)cc1. The van der Waals surface area contributed by atoms with Gasteiger partial charge in [0, 0.05) is 10.9 Å². The Kier molecular flexibility index (Phi) is 3.88. The van der Waals surface area contributed by atoms with Crippen molar-refractivity contribution >= 4 is 15.9 Å². The summed E-state index contributed by atoms with van der Waals surface area (Å²) in [5.74, 6) is 0. The zero-order valence-corrected chi connectivity index (χ0v) is 8.96. The summed E-state index contributed by atoms with van der Waals surface area (Å²) in [6, 6.07) is 7.25. The molecule has 0 aliphatic carbocycles. The molecular weight excluding hydrogens is 235 g/mol. The summed E-state index contributed by atoms with van der Waals surface area (Å²) in [7, 11) is 0. The first-order valence-electron chi connectivity index (χ1n) is 4.17. The zero-order chi connectivity index (χ0) is 9.84. The normalized spacial score (nSPS) is 15.4. The first-order valence-corrected chi connectivity index (χ1v) is 4.96. The lowest BCUT2D eigenvalue weighted by Gasteiger charge is -2.11. The van der Waals surface area contributed by atoms with E-state index in [0.29, 0.717) is 0 Å². The van der Waals surface area contributed by atoms with Gasteiger partial charge < -0.3 is 5.11 Å². The van der Waals surface area contributed by atoms with E-state index in [9.17, 15) is 9.50 Å². The molecule has 0 aromatic heterocycles. The standard InChI is InChI=1S/C10H12BrFO/c1-7(12)6-10(13)8-2-4-9(11)5-3-8/h2-5,7,10,13H,6H2,1H3/t7-,10-/m1/s1. The van der Waals surface area contributed by atoms with E-state index in [-0.39, 0.29) is 6.42 Å². The zero-order valence-electron chi connectivity index (χ0n) is 7.37. The maximum absolute atomic E-state index is 12.5. The van der Waals surface area contributed by atoms with Gasteiger partial charge in [-0.25, -0.2) is 4.39 Å². The van der Waals surface area contributed by atoms with Gasteiger partial charge in [0.2, 0.25) is 0 Å². The molecule has 1 aromatic rings. The topological polar surface area (TPSA) is 20.2 Å². The number of aliphatic hydroxyl groups excluding tert-OH is 1. The first-order chi connectivity index (χ1) is 6.09. The minimum absolute atomic E-state index is 0.154. The van der Waals surface area contributed by atoms with Crippen molar-refractivity contribution in [3.63, 3.8) is 0 Å². The number of benzene rings is 1. The van der Waals surface area contributed by atoms with Crippen molar-refractivity contribution in [2.45, 2.75) is 25.6 Å². The lowest BCUT2D eigenvalue weighted by Crippen LogP contribution is -2.04. The van der Waals surface area contributed by atoms with Gasteiger partial charge in [-0.05, 0) is 24.6 Å². The van der Waals surface area contributed by atoms with E-state index in [1.165, 1.54) is 6.92 Å². The molecular formula is C10H12BrFO. The van der Waals surface area contributed by atoms with Gasteiger partial charge in [-0.2, -0.15) is 0 Å². The third-order valence-electron chi connectivity index (χ3n) is 1.80. The molecule has 0 aliphatic rings. The number of hydrogen-bond acceptors (Lipinski definition) is 1. The largest absolute Gasteiger partial charge is 0.388 e. The molecule has 0 bridgehead atoms. The van der Waals surface area contributed by atoms with Gasteiger partial charge >= 0.3 is 0 Å². The highest BCUT2D eigenvalue weighted by atomic mass is 79.9. The molecule has 1 rings (SSSR count). The highest BCUT2D eigenvalue weighted by molar-refractivity contribution is 9.10. The van der Waals surface area contributed by atoms with Gasteiger partial charge in [0.05, 0.1) is 6.10 Å². The van der Waals surface area contributed by atoms with Crippen LogP contribution in [0.25, 0.3) is 0 Å². The van der Waals surface area contributed by atoms with Crippen molar-refractivity contribution in [2.24, 2.45) is 0 Å². The van der Waals surface area contributed by atoms with E-state index < -0.39 is 12.3 Å². The molecule has 0 spiro atoms. The summed E-state index contributed by atoms with van der Waals surface area (Å²) in [5, 5.41) is 9.53. The van der Waals surface area contributed by atoms with Crippen LogP contribution in [0.5, 0.6) is 0 Å². The van der Waals surface area contributed by atoms with E-state index in [0.717, 1.165) is 10.0 Å². The molecule has 1 aromatic carbocycles. The van der Waals surface area contributed by atoms with E-state index >= 15 is 0 Å². The smallest absolute Gasteiger partial charge is 0.100 e. The fourth-order valence-corrected chi connectivity index (χ4v) is 1.39. The number of aliphatic hydroxyl groups is 1. The van der Waals surface area contributed by atoms with Gasteiger partial charge in [0.25, 0.3) is 0 Å². The van der Waals surface area contributed by atoms with E-state index in [1.54, 1.807) is 12.1 Å². The van der Waals surface area contributed by atoms with Crippen LogP contribution in [0, 0.1) is 0 Å². The quantitative estimate of drug-likeness (QED) is 0.869. The highest BCUT2D eigenvalue weighted by Gasteiger charge is 2.10. The monoisotopic (exact) mass is 246 g/mol. The molecule has 0 radical (unpaired) electrons. The Bertz CT molecular complexity index is 258. The van der Waals surface area contributed by atoms with Crippen LogP contribution < -0.4 is 0 Å². The summed E-state index contributed by atoms with van der Waals surface area (Å²) in [5.41, 5.74) is 0.757. The number of halogens is 2. The summed E-state index contributed by atoms with van der Waals surface area (Å²) >= 11 is 3.29. The summed E-state index contributed by atoms with van der Waals surface area (Å²) < 4.78 is 13.5. The van der Waals surface area contributed by atoms with Crippen molar-refractivity contribution < 1.29 is 9.50 Å². The van der Waals surface area contributed by atoms with Crippen molar-refractivity contribution in [1.82, 2.24) is 0 Å². The van der Waals surface area contributed by atoms with E-state index in [1.807, 2.05) is 12.1 Å². The third kappa shape index (κ3) is 3.44. The van der Waals surface area contributed by atoms with Crippen molar-refractivity contribution in [3.05, 3.63) is 34.3 Å². The van der Waals surface area contributed by atoms with Crippen molar-refractivity contribution in [2.75, 3.05) is 0 Å². The summed E-state index contributed by atoms with van der Waals surface area (Å²) in [6.07, 6.45) is -1.52. The fraction of sp³-hybridized carbons (Fsp3) is 0.400. The molecule has 0 heterocycles. The van der Waals surface area contributed by atoms with Crippen LogP contribution in [0.1, 0.15) is 25.0 Å². The van der Waals surface area contributed by atoms with Crippen LogP contribution in [-0.2, 0) is 0 Å². The fourth-order valence-electron chi connectivity index (χ4n) is 1.13. The van der Waals surface area contributed by atoms with Gasteiger partial charge in [0.1, 0.15) is 6.17 Å². The lowest BCUT2D eigenvalue weighted by atomic mass is 10.1. The molecule has 2 atom stereocenters. The Morgan fingerprint density at radius 3 is 2.38 bits per heavy atom. The molecule has 0 saturated heterocycles. The second-order valence-corrected chi connectivity index (χ2v) is 4.00. The average molecular weight is 247 g/mol. The molecule has 0 aliphatic heterocycles. The van der Waals surface area contributed by atoms with Crippen LogP contribution in [0.2, 0.25) is 0 Å². The third-order valence-corrected chi connectivity index (χ3v) is 2.33. The number of hydrogen-bond donors (Lipinski definition) is 1. The Labute approximate surface area is 85.7 Å². The van der Waals surface area contributed by atoms with Crippen LogP contribution in [0.4, 0.5) is 4.39 Å². The summed E-state index contributed by atoms with van der Waals surface area (Å²) in [6.45, 7) is 1.45. The van der Waals surface area contributed by atoms with E-state index in [2.05, 4.69) is 15.9 Å². The lowest BCUT2D eigenvalue weighted by molar-refractivity contribution is 0.133. The second-order valence-electron chi connectivity index (χ2n) is 3.08. The molecule has 72 valence electrons. The molecule has 0 unspecified atom stereocenters. The minimum Gasteiger partial charge on any atom is -0.388 e. The molecule has 1 N–H and O–H groups in total. The van der Waals surface area contributed by atoms with Gasteiger partial charge in [-0.3, -0.25) is 0 Å². The van der Waals surface area contributed by atoms with Crippen LogP contribution in [0.3, 0.4) is 0 Å². The van der Waals surface area contributed by atoms with E-state index in [4.69, 9.17) is 0 Å². The second kappa shape index (κ2) is 4.72. The molecule has 3 heteroatoms. The Morgan fingerprint density at radius 1 is 1.38 bits per heavy atom. The number of alkyl halides is 1. The van der Waals surface area contributed by atoms with Crippen molar-refractivity contribution in [3.8, 4) is 0 Å². The van der Waals surface area contributed by atoms with Crippen LogP contribution in [0.15, 0.2) is 28.7 Å². The van der Waals surface area contributed by atoms with Gasteiger partial charge in [0.15, 0.2) is 0 Å². The molecule has 13 heavy (non-hydrogen) atoms. The van der Waals surface area contributed by atoms with Gasteiger partial charge in [-0.15, -0.1) is 0 Å². The maximum atomic E-state index is 12.5. The average Bonchev–Trinajstić information content (AvgIpc) is 2.04. The van der Waals surface area contributed by atoms with Gasteiger partial charge in [-0.1, -0.05) is 28.1 Å². The molecule has 1 nitrogen and oxygen atoms in total. The highest BCUT2D eigenvalue weighted by Crippen LogP contribution is 2.21. The Hall–Kier alpha value is -0.410. The predicted molar refractivity (Wildman–Crippen MR) is 54.3 cm³/mol. The summed E-state index contributed by atoms with van der Waals surface area (Å²) in [4.78, 5) is 0. The predicted octanol–water partition coefficient (Wildman–Crippen LogP) is 3.23. The molecule has 0 saturated carbocycles. The molecule has 0 fully saturated rings. The minimum atomic E-state index is -0.973. The molecule has 0 amide bonds. The number of rotatable bonds is 3. The maximum Gasteiger partial charge on any atom is 0.100 e. The van der Waals surface area contributed by atoms with Crippen LogP contribution >= 0.6 is 15.9 Å². The Morgan fingerprint density at radius 2 is 1.92 bits per heavy atom. The van der Waals surface area contributed by atoms with Crippen molar-refractivity contribution in [1.29, 1.82) is 0 Å². The first kappa shape index (κ1) is 10.7.